The normalized spacial score (nSPS) is 12.5. The lowest BCUT2D eigenvalue weighted by atomic mass is 10.1. The summed E-state index contributed by atoms with van der Waals surface area (Å²) < 4.78 is 25.9. The second-order valence-electron chi connectivity index (χ2n) is 4.47. The quantitative estimate of drug-likeness (QED) is 0.798. The van der Waals surface area contributed by atoms with Gasteiger partial charge in [-0.2, -0.15) is 0 Å². The number of carbonyl (C=O) groups is 1. The van der Waals surface area contributed by atoms with Crippen molar-refractivity contribution in [2.45, 2.75) is 20.0 Å². The number of likely N-dealkylation sites (N-methyl/N-ethyl adjacent to an activating group) is 2. The van der Waals surface area contributed by atoms with Gasteiger partial charge in [-0.25, -0.2) is 8.78 Å². The van der Waals surface area contributed by atoms with Crippen molar-refractivity contribution in [2.24, 2.45) is 0 Å². The fourth-order valence-corrected chi connectivity index (χ4v) is 1.83. The summed E-state index contributed by atoms with van der Waals surface area (Å²) in [5.41, 5.74) is 0.290. The summed E-state index contributed by atoms with van der Waals surface area (Å²) in [5, 5.41) is 12.7. The second-order valence-corrected chi connectivity index (χ2v) is 4.47. The first-order valence-corrected chi connectivity index (χ1v) is 6.60. The second kappa shape index (κ2) is 7.91. The van der Waals surface area contributed by atoms with Gasteiger partial charge in [0.2, 0.25) is 5.91 Å². The molecule has 1 unspecified atom stereocenters. The van der Waals surface area contributed by atoms with Crippen molar-refractivity contribution in [3.05, 3.63) is 35.4 Å². The number of halogens is 2. The molecule has 2 N–H and O–H groups in total. The molecule has 0 aliphatic heterocycles. The number of rotatable bonds is 7. The molecule has 0 radical (unpaired) electrons. The van der Waals surface area contributed by atoms with Crippen LogP contribution in [0.5, 0.6) is 0 Å². The number of hydrogen-bond acceptors (Lipinski definition) is 3. The number of carbonyl (C=O) groups excluding carboxylic acids is 1. The Kier molecular flexibility index (Phi) is 6.54. The van der Waals surface area contributed by atoms with Crippen molar-refractivity contribution in [3.8, 4) is 0 Å². The predicted molar refractivity (Wildman–Crippen MR) is 72.1 cm³/mol. The summed E-state index contributed by atoms with van der Waals surface area (Å²) in [6.07, 6.45) is -0.973. The van der Waals surface area contributed by atoms with Crippen LogP contribution in [-0.4, -0.2) is 42.1 Å². The minimum Gasteiger partial charge on any atom is -0.387 e. The van der Waals surface area contributed by atoms with E-state index in [4.69, 9.17) is 0 Å². The van der Waals surface area contributed by atoms with E-state index in [1.807, 2.05) is 13.8 Å². The summed E-state index contributed by atoms with van der Waals surface area (Å²) in [4.78, 5) is 13.2. The van der Waals surface area contributed by atoms with E-state index in [2.05, 4.69) is 5.32 Å². The van der Waals surface area contributed by atoms with Gasteiger partial charge < -0.3 is 10.4 Å². The minimum absolute atomic E-state index is 0.133. The monoisotopic (exact) mass is 286 g/mol. The summed E-state index contributed by atoms with van der Waals surface area (Å²) in [6.45, 7) is 5.13. The highest BCUT2D eigenvalue weighted by atomic mass is 19.2. The number of nitrogens with zero attached hydrogens (tertiary/aromatic N) is 1. The standard InChI is InChI=1S/C14H20F2N2O2/c1-3-17-14(20)9-18(4-2)8-13(19)10-5-6-11(15)12(16)7-10/h5-7,13,19H,3-4,8-9H2,1-2H3,(H,17,20). The van der Waals surface area contributed by atoms with Crippen LogP contribution in [-0.2, 0) is 4.79 Å². The molecular weight excluding hydrogens is 266 g/mol. The fraction of sp³-hybridized carbons (Fsp3) is 0.500. The van der Waals surface area contributed by atoms with E-state index in [0.29, 0.717) is 18.7 Å². The number of nitrogens with one attached hydrogen (secondary N) is 1. The molecule has 1 atom stereocenters. The molecule has 0 fully saturated rings. The number of amides is 1. The Morgan fingerprint density at radius 2 is 2.05 bits per heavy atom. The topological polar surface area (TPSA) is 52.6 Å². The number of aliphatic hydroxyl groups is 1. The summed E-state index contributed by atoms with van der Waals surface area (Å²) in [6, 6.07) is 3.29. The van der Waals surface area contributed by atoms with E-state index < -0.39 is 17.7 Å². The molecule has 0 aliphatic rings. The van der Waals surface area contributed by atoms with E-state index >= 15 is 0 Å². The highest BCUT2D eigenvalue weighted by Crippen LogP contribution is 2.17. The fourth-order valence-electron chi connectivity index (χ4n) is 1.83. The van der Waals surface area contributed by atoms with Gasteiger partial charge in [0.25, 0.3) is 0 Å². The molecule has 0 saturated carbocycles. The van der Waals surface area contributed by atoms with Crippen LogP contribution < -0.4 is 5.32 Å². The molecule has 1 aromatic rings. The number of aliphatic hydroxyl groups excluding tert-OH is 1. The molecule has 0 saturated heterocycles. The SMILES string of the molecule is CCNC(=O)CN(CC)CC(O)c1ccc(F)c(F)c1. The Morgan fingerprint density at radius 1 is 1.35 bits per heavy atom. The van der Waals surface area contributed by atoms with Crippen LogP contribution in [0.15, 0.2) is 18.2 Å². The highest BCUT2D eigenvalue weighted by Gasteiger charge is 2.16. The van der Waals surface area contributed by atoms with Gasteiger partial charge in [0.05, 0.1) is 12.6 Å². The van der Waals surface area contributed by atoms with Gasteiger partial charge in [0.15, 0.2) is 11.6 Å². The van der Waals surface area contributed by atoms with E-state index in [9.17, 15) is 18.7 Å². The van der Waals surface area contributed by atoms with E-state index in [1.165, 1.54) is 6.07 Å². The van der Waals surface area contributed by atoms with Crippen LogP contribution in [0, 0.1) is 11.6 Å². The van der Waals surface area contributed by atoms with Gasteiger partial charge in [-0.1, -0.05) is 13.0 Å². The van der Waals surface area contributed by atoms with Crippen LogP contribution in [0.3, 0.4) is 0 Å². The van der Waals surface area contributed by atoms with Crippen molar-refractivity contribution in [1.29, 1.82) is 0 Å². The molecule has 112 valence electrons. The minimum atomic E-state index is -0.992. The molecule has 0 heterocycles. The Bertz CT molecular complexity index is 455. The molecule has 0 aliphatic carbocycles. The highest BCUT2D eigenvalue weighted by molar-refractivity contribution is 5.77. The van der Waals surface area contributed by atoms with Crippen molar-refractivity contribution < 1.29 is 18.7 Å². The van der Waals surface area contributed by atoms with E-state index in [1.54, 1.807) is 4.90 Å². The van der Waals surface area contributed by atoms with Crippen molar-refractivity contribution in [1.82, 2.24) is 10.2 Å². The van der Waals surface area contributed by atoms with Gasteiger partial charge in [-0.15, -0.1) is 0 Å². The molecular formula is C14H20F2N2O2. The Labute approximate surface area is 117 Å². The lowest BCUT2D eigenvalue weighted by Crippen LogP contribution is -2.39. The molecule has 1 aromatic carbocycles. The van der Waals surface area contributed by atoms with Crippen LogP contribution in [0.25, 0.3) is 0 Å². The third-order valence-electron chi connectivity index (χ3n) is 2.95. The average molecular weight is 286 g/mol. The molecule has 1 amide bonds. The van der Waals surface area contributed by atoms with Crippen LogP contribution in [0.1, 0.15) is 25.5 Å². The molecule has 1 rings (SSSR count). The summed E-state index contributed by atoms with van der Waals surface area (Å²) >= 11 is 0. The van der Waals surface area contributed by atoms with Crippen molar-refractivity contribution in [3.63, 3.8) is 0 Å². The Morgan fingerprint density at radius 3 is 2.60 bits per heavy atom. The third kappa shape index (κ3) is 4.86. The predicted octanol–water partition coefficient (Wildman–Crippen LogP) is 1.46. The smallest absolute Gasteiger partial charge is 0.234 e. The molecule has 6 heteroatoms. The van der Waals surface area contributed by atoms with Crippen LogP contribution in [0.2, 0.25) is 0 Å². The maximum Gasteiger partial charge on any atom is 0.234 e. The maximum atomic E-state index is 13.1. The lowest BCUT2D eigenvalue weighted by molar-refractivity contribution is -0.122. The van der Waals surface area contributed by atoms with Gasteiger partial charge in [-0.3, -0.25) is 9.69 Å². The summed E-state index contributed by atoms with van der Waals surface area (Å²) in [7, 11) is 0. The molecule has 4 nitrogen and oxygen atoms in total. The molecule has 0 spiro atoms. The van der Waals surface area contributed by atoms with Crippen molar-refractivity contribution in [2.75, 3.05) is 26.2 Å². The Balaban J connectivity index is 2.64. The molecule has 0 bridgehead atoms. The van der Waals surface area contributed by atoms with Crippen LogP contribution in [0.4, 0.5) is 8.78 Å². The van der Waals surface area contributed by atoms with E-state index in [0.717, 1.165) is 12.1 Å². The maximum absolute atomic E-state index is 13.1. The van der Waals surface area contributed by atoms with Gasteiger partial charge >= 0.3 is 0 Å². The first kappa shape index (κ1) is 16.5. The zero-order valence-electron chi connectivity index (χ0n) is 11.7. The average Bonchev–Trinajstić information content (AvgIpc) is 2.41. The zero-order valence-corrected chi connectivity index (χ0v) is 11.7. The number of benzene rings is 1. The number of hydrogen-bond donors (Lipinski definition) is 2. The van der Waals surface area contributed by atoms with Crippen LogP contribution >= 0.6 is 0 Å². The summed E-state index contributed by atoms with van der Waals surface area (Å²) in [5.74, 6) is -2.07. The molecule has 0 aromatic heterocycles. The Hall–Kier alpha value is -1.53. The van der Waals surface area contributed by atoms with E-state index in [-0.39, 0.29) is 19.0 Å². The largest absolute Gasteiger partial charge is 0.387 e. The molecule has 20 heavy (non-hydrogen) atoms. The van der Waals surface area contributed by atoms with Crippen molar-refractivity contribution >= 4 is 5.91 Å². The third-order valence-corrected chi connectivity index (χ3v) is 2.95. The van der Waals surface area contributed by atoms with Gasteiger partial charge in [0.1, 0.15) is 0 Å². The van der Waals surface area contributed by atoms with Gasteiger partial charge in [-0.05, 0) is 31.2 Å². The van der Waals surface area contributed by atoms with Gasteiger partial charge in [0, 0.05) is 13.1 Å². The lowest BCUT2D eigenvalue weighted by Gasteiger charge is -2.23. The first-order chi connectivity index (χ1) is 9.47. The first-order valence-electron chi connectivity index (χ1n) is 6.60. The zero-order chi connectivity index (χ0) is 15.1.